The molecular formula is C14H19N3. The monoisotopic (exact) mass is 229 g/mol. The number of benzene rings is 1. The molecule has 2 rings (SSSR count). The molecule has 17 heavy (non-hydrogen) atoms. The normalized spacial score (nSPS) is 12.7. The molecule has 0 aliphatic carbocycles. The Morgan fingerprint density at radius 1 is 1.35 bits per heavy atom. The topological polar surface area (TPSA) is 43.8 Å². The average Bonchev–Trinajstić information content (AvgIpc) is 2.64. The predicted molar refractivity (Wildman–Crippen MR) is 70.4 cm³/mol. The molecule has 0 bridgehead atoms. The first-order chi connectivity index (χ1) is 8.06. The van der Waals surface area contributed by atoms with Crippen LogP contribution in [0.1, 0.15) is 23.6 Å². The van der Waals surface area contributed by atoms with E-state index in [0.717, 1.165) is 12.1 Å². The summed E-state index contributed by atoms with van der Waals surface area (Å²) in [6.45, 7) is 6.18. The molecule has 0 aliphatic heterocycles. The van der Waals surface area contributed by atoms with E-state index < -0.39 is 0 Å². The molecular weight excluding hydrogens is 210 g/mol. The van der Waals surface area contributed by atoms with Gasteiger partial charge in [-0.2, -0.15) is 5.10 Å². The van der Waals surface area contributed by atoms with Gasteiger partial charge in [-0.25, -0.2) is 4.68 Å². The van der Waals surface area contributed by atoms with Gasteiger partial charge in [-0.05, 0) is 49.9 Å². The van der Waals surface area contributed by atoms with Gasteiger partial charge in [-0.3, -0.25) is 0 Å². The van der Waals surface area contributed by atoms with Gasteiger partial charge in [0.25, 0.3) is 0 Å². The molecule has 0 radical (unpaired) electrons. The summed E-state index contributed by atoms with van der Waals surface area (Å²) in [6, 6.07) is 6.63. The van der Waals surface area contributed by atoms with Crippen LogP contribution in [0, 0.1) is 13.8 Å². The molecule has 0 saturated heterocycles. The Kier molecular flexibility index (Phi) is 3.29. The molecule has 90 valence electrons. The Balaban J connectivity index is 2.31. The number of aromatic nitrogens is 2. The highest BCUT2D eigenvalue weighted by molar-refractivity contribution is 5.42. The predicted octanol–water partition coefficient (Wildman–Crippen LogP) is 2.38. The van der Waals surface area contributed by atoms with Crippen molar-refractivity contribution in [3.8, 4) is 5.69 Å². The van der Waals surface area contributed by atoms with Crippen LogP contribution in [0.4, 0.5) is 0 Å². The van der Waals surface area contributed by atoms with Gasteiger partial charge in [0.05, 0.1) is 11.9 Å². The van der Waals surface area contributed by atoms with Crippen LogP contribution in [0.25, 0.3) is 5.69 Å². The summed E-state index contributed by atoms with van der Waals surface area (Å²) in [5, 5.41) is 4.33. The Labute approximate surface area is 102 Å². The van der Waals surface area contributed by atoms with Crippen molar-refractivity contribution in [3.05, 3.63) is 47.3 Å². The Bertz CT molecular complexity index is 512. The maximum Gasteiger partial charge on any atom is 0.0674 e. The molecule has 1 atom stereocenters. The second-order valence-corrected chi connectivity index (χ2v) is 4.76. The van der Waals surface area contributed by atoms with Gasteiger partial charge in [-0.1, -0.05) is 12.1 Å². The molecule has 2 aromatic rings. The minimum absolute atomic E-state index is 0.201. The van der Waals surface area contributed by atoms with Crippen molar-refractivity contribution in [1.29, 1.82) is 0 Å². The third-order valence-electron chi connectivity index (χ3n) is 2.78. The van der Waals surface area contributed by atoms with E-state index in [-0.39, 0.29) is 6.04 Å². The van der Waals surface area contributed by atoms with E-state index in [1.165, 1.54) is 16.7 Å². The van der Waals surface area contributed by atoms with E-state index in [4.69, 9.17) is 5.73 Å². The van der Waals surface area contributed by atoms with Gasteiger partial charge in [0.15, 0.2) is 0 Å². The molecule has 2 N–H and O–H groups in total. The summed E-state index contributed by atoms with van der Waals surface area (Å²) >= 11 is 0. The van der Waals surface area contributed by atoms with Crippen LogP contribution in [0.15, 0.2) is 30.6 Å². The van der Waals surface area contributed by atoms with Crippen LogP contribution in [0.5, 0.6) is 0 Å². The highest BCUT2D eigenvalue weighted by Crippen LogP contribution is 2.16. The van der Waals surface area contributed by atoms with Crippen molar-refractivity contribution >= 4 is 0 Å². The highest BCUT2D eigenvalue weighted by Gasteiger charge is 2.04. The Hall–Kier alpha value is -1.61. The van der Waals surface area contributed by atoms with Crippen LogP contribution in [-0.4, -0.2) is 15.8 Å². The minimum Gasteiger partial charge on any atom is -0.328 e. The largest absolute Gasteiger partial charge is 0.328 e. The van der Waals surface area contributed by atoms with Gasteiger partial charge >= 0.3 is 0 Å². The fraction of sp³-hybridized carbons (Fsp3) is 0.357. The Morgan fingerprint density at radius 2 is 2.12 bits per heavy atom. The summed E-state index contributed by atoms with van der Waals surface area (Å²) in [5.41, 5.74) is 10.6. The zero-order chi connectivity index (χ0) is 12.4. The summed E-state index contributed by atoms with van der Waals surface area (Å²) in [7, 11) is 0. The number of aryl methyl sites for hydroxylation is 2. The molecule has 0 aliphatic rings. The third-order valence-corrected chi connectivity index (χ3v) is 2.78. The standard InChI is InChI=1S/C14H19N3/c1-10-8-16-17(9-10)14-5-4-13(6-11(14)2)7-12(3)15/h4-6,8-9,12H,7,15H2,1-3H3. The molecule has 1 aromatic carbocycles. The highest BCUT2D eigenvalue weighted by atomic mass is 15.3. The van der Waals surface area contributed by atoms with Crippen LogP contribution in [-0.2, 0) is 6.42 Å². The molecule has 0 spiro atoms. The maximum absolute atomic E-state index is 5.81. The van der Waals surface area contributed by atoms with E-state index in [1.54, 1.807) is 0 Å². The van der Waals surface area contributed by atoms with E-state index in [2.05, 4.69) is 30.2 Å². The van der Waals surface area contributed by atoms with Gasteiger partial charge < -0.3 is 5.73 Å². The van der Waals surface area contributed by atoms with Crippen molar-refractivity contribution < 1.29 is 0 Å². The molecule has 1 heterocycles. The lowest BCUT2D eigenvalue weighted by atomic mass is 10.0. The average molecular weight is 229 g/mol. The van der Waals surface area contributed by atoms with E-state index >= 15 is 0 Å². The number of nitrogens with zero attached hydrogens (tertiary/aromatic N) is 2. The van der Waals surface area contributed by atoms with Crippen molar-refractivity contribution in [3.63, 3.8) is 0 Å². The number of hydrogen-bond donors (Lipinski definition) is 1. The van der Waals surface area contributed by atoms with Crippen molar-refractivity contribution in [2.24, 2.45) is 5.73 Å². The molecule has 1 aromatic heterocycles. The lowest BCUT2D eigenvalue weighted by Gasteiger charge is -2.10. The first-order valence-corrected chi connectivity index (χ1v) is 5.93. The minimum atomic E-state index is 0.201. The first kappa shape index (κ1) is 11.9. The second-order valence-electron chi connectivity index (χ2n) is 4.76. The molecule has 3 nitrogen and oxygen atoms in total. The SMILES string of the molecule is Cc1cnn(-c2ccc(CC(C)N)cc2C)c1. The molecule has 1 unspecified atom stereocenters. The summed E-state index contributed by atoms with van der Waals surface area (Å²) < 4.78 is 1.92. The molecule has 3 heteroatoms. The Morgan fingerprint density at radius 3 is 2.65 bits per heavy atom. The maximum atomic E-state index is 5.81. The van der Waals surface area contributed by atoms with Crippen LogP contribution < -0.4 is 5.73 Å². The van der Waals surface area contributed by atoms with Gasteiger partial charge in [-0.15, -0.1) is 0 Å². The van der Waals surface area contributed by atoms with Crippen molar-refractivity contribution in [2.45, 2.75) is 33.2 Å². The lowest BCUT2D eigenvalue weighted by Crippen LogP contribution is -2.17. The zero-order valence-electron chi connectivity index (χ0n) is 10.6. The third kappa shape index (κ3) is 2.74. The number of rotatable bonds is 3. The van der Waals surface area contributed by atoms with Crippen LogP contribution >= 0.6 is 0 Å². The smallest absolute Gasteiger partial charge is 0.0674 e. The summed E-state index contributed by atoms with van der Waals surface area (Å²) in [4.78, 5) is 0. The fourth-order valence-electron chi connectivity index (χ4n) is 2.02. The quantitative estimate of drug-likeness (QED) is 0.878. The number of nitrogens with two attached hydrogens (primary N) is 1. The first-order valence-electron chi connectivity index (χ1n) is 5.93. The van der Waals surface area contributed by atoms with Gasteiger partial charge in [0, 0.05) is 12.2 Å². The zero-order valence-corrected chi connectivity index (χ0v) is 10.6. The fourth-order valence-corrected chi connectivity index (χ4v) is 2.02. The lowest BCUT2D eigenvalue weighted by molar-refractivity contribution is 0.737. The van der Waals surface area contributed by atoms with Gasteiger partial charge in [0.2, 0.25) is 0 Å². The van der Waals surface area contributed by atoms with Crippen molar-refractivity contribution in [2.75, 3.05) is 0 Å². The summed E-state index contributed by atoms with van der Waals surface area (Å²) in [6.07, 6.45) is 4.82. The van der Waals surface area contributed by atoms with E-state index in [9.17, 15) is 0 Å². The van der Waals surface area contributed by atoms with E-state index in [1.807, 2.05) is 30.9 Å². The summed E-state index contributed by atoms with van der Waals surface area (Å²) in [5.74, 6) is 0. The van der Waals surface area contributed by atoms with E-state index in [0.29, 0.717) is 0 Å². The van der Waals surface area contributed by atoms with Crippen LogP contribution in [0.2, 0.25) is 0 Å². The number of hydrogen-bond acceptors (Lipinski definition) is 2. The molecule has 0 amide bonds. The van der Waals surface area contributed by atoms with Crippen LogP contribution in [0.3, 0.4) is 0 Å². The second kappa shape index (κ2) is 4.72. The van der Waals surface area contributed by atoms with Crippen molar-refractivity contribution in [1.82, 2.24) is 9.78 Å². The molecule has 0 saturated carbocycles. The van der Waals surface area contributed by atoms with Gasteiger partial charge in [0.1, 0.15) is 0 Å². The molecule has 0 fully saturated rings.